The van der Waals surface area contributed by atoms with Crippen molar-refractivity contribution in [2.75, 3.05) is 7.11 Å². The molecular formula is C14H20O5. The number of methoxy groups -OCH3 is 1. The van der Waals surface area contributed by atoms with E-state index in [1.807, 2.05) is 13.8 Å². The standard InChI is InChI=1S/C14H20O5/c1-14(2)18-10-6-8-9(15)5-4-7(13(16)17-3)11(8)12(10)19-14/h4,8-12,15H,5-6H2,1-3H3/t8-,9+,10+,11+,12+/m0/s1. The van der Waals surface area contributed by atoms with Gasteiger partial charge in [-0.3, -0.25) is 0 Å². The van der Waals surface area contributed by atoms with Crippen molar-refractivity contribution in [1.29, 1.82) is 0 Å². The Bertz CT molecular complexity index is 428. The number of carbonyl (C=O) groups is 1. The minimum atomic E-state index is -0.621. The molecule has 0 aromatic rings. The molecule has 19 heavy (non-hydrogen) atoms. The highest BCUT2D eigenvalue weighted by Gasteiger charge is 2.57. The zero-order valence-electron chi connectivity index (χ0n) is 11.5. The van der Waals surface area contributed by atoms with Gasteiger partial charge < -0.3 is 19.3 Å². The Hall–Kier alpha value is -0.910. The Labute approximate surface area is 112 Å². The Morgan fingerprint density at radius 3 is 2.89 bits per heavy atom. The number of hydrogen-bond donors (Lipinski definition) is 1. The average molecular weight is 268 g/mol. The lowest BCUT2D eigenvalue weighted by Crippen LogP contribution is -2.38. The van der Waals surface area contributed by atoms with Gasteiger partial charge in [0.25, 0.3) is 0 Å². The van der Waals surface area contributed by atoms with Crippen LogP contribution in [-0.4, -0.2) is 42.3 Å². The van der Waals surface area contributed by atoms with Gasteiger partial charge in [0.1, 0.15) is 0 Å². The van der Waals surface area contributed by atoms with Crippen LogP contribution in [0.2, 0.25) is 0 Å². The summed E-state index contributed by atoms with van der Waals surface area (Å²) in [6.07, 6.45) is 2.36. The lowest BCUT2D eigenvalue weighted by Gasteiger charge is -2.33. The number of fused-ring (bicyclic) bond motifs is 3. The van der Waals surface area contributed by atoms with Crippen LogP contribution in [0, 0.1) is 11.8 Å². The summed E-state index contributed by atoms with van der Waals surface area (Å²) in [5.74, 6) is -1.05. The molecule has 1 N–H and O–H groups in total. The third-order valence-electron chi connectivity index (χ3n) is 4.39. The van der Waals surface area contributed by atoms with Gasteiger partial charge in [0.15, 0.2) is 5.79 Å². The molecule has 3 aliphatic rings. The van der Waals surface area contributed by atoms with Crippen LogP contribution in [0.15, 0.2) is 11.6 Å². The number of aliphatic hydroxyl groups excluding tert-OH is 1. The summed E-state index contributed by atoms with van der Waals surface area (Å²) in [7, 11) is 1.38. The van der Waals surface area contributed by atoms with Crippen molar-refractivity contribution in [3.63, 3.8) is 0 Å². The van der Waals surface area contributed by atoms with E-state index >= 15 is 0 Å². The van der Waals surface area contributed by atoms with E-state index in [2.05, 4.69) is 0 Å². The number of aliphatic hydroxyl groups is 1. The minimum Gasteiger partial charge on any atom is -0.466 e. The summed E-state index contributed by atoms with van der Waals surface area (Å²) in [6, 6.07) is 0. The first-order valence-electron chi connectivity index (χ1n) is 6.75. The van der Waals surface area contributed by atoms with Gasteiger partial charge in [-0.25, -0.2) is 4.79 Å². The van der Waals surface area contributed by atoms with Crippen molar-refractivity contribution in [2.45, 2.75) is 50.8 Å². The average Bonchev–Trinajstić information content (AvgIpc) is 2.82. The number of rotatable bonds is 1. The molecule has 0 amide bonds. The third kappa shape index (κ3) is 2.00. The van der Waals surface area contributed by atoms with Gasteiger partial charge in [-0.2, -0.15) is 0 Å². The van der Waals surface area contributed by atoms with Gasteiger partial charge in [-0.1, -0.05) is 6.08 Å². The van der Waals surface area contributed by atoms with Crippen LogP contribution < -0.4 is 0 Å². The second kappa shape index (κ2) is 4.30. The first kappa shape index (κ1) is 13.1. The summed E-state index contributed by atoms with van der Waals surface area (Å²) in [5.41, 5.74) is 0.631. The van der Waals surface area contributed by atoms with Crippen molar-refractivity contribution >= 4 is 5.97 Å². The van der Waals surface area contributed by atoms with E-state index in [4.69, 9.17) is 14.2 Å². The Morgan fingerprint density at radius 2 is 2.21 bits per heavy atom. The zero-order valence-corrected chi connectivity index (χ0v) is 11.5. The van der Waals surface area contributed by atoms with Crippen LogP contribution in [0.4, 0.5) is 0 Å². The highest BCUT2D eigenvalue weighted by atomic mass is 16.8. The molecule has 1 saturated heterocycles. The molecule has 3 rings (SSSR count). The molecule has 1 saturated carbocycles. The van der Waals surface area contributed by atoms with Crippen LogP contribution in [-0.2, 0) is 19.0 Å². The first-order chi connectivity index (χ1) is 8.93. The van der Waals surface area contributed by atoms with Gasteiger partial charge in [0.05, 0.1) is 25.4 Å². The summed E-state index contributed by atoms with van der Waals surface area (Å²) in [5, 5.41) is 10.1. The molecule has 1 aliphatic heterocycles. The molecule has 0 spiro atoms. The topological polar surface area (TPSA) is 65.0 Å². The molecule has 0 bridgehead atoms. The fourth-order valence-electron chi connectivity index (χ4n) is 3.71. The monoisotopic (exact) mass is 268 g/mol. The summed E-state index contributed by atoms with van der Waals surface area (Å²) in [4.78, 5) is 11.9. The van der Waals surface area contributed by atoms with E-state index in [0.29, 0.717) is 12.0 Å². The molecular weight excluding hydrogens is 248 g/mol. The van der Waals surface area contributed by atoms with Crippen molar-refractivity contribution in [3.8, 4) is 0 Å². The van der Waals surface area contributed by atoms with Crippen LogP contribution in [0.5, 0.6) is 0 Å². The molecule has 1 heterocycles. The zero-order chi connectivity index (χ0) is 13.8. The lowest BCUT2D eigenvalue weighted by atomic mass is 9.78. The van der Waals surface area contributed by atoms with Crippen LogP contribution in [0.3, 0.4) is 0 Å². The van der Waals surface area contributed by atoms with Gasteiger partial charge in [0, 0.05) is 11.5 Å². The summed E-state index contributed by atoms with van der Waals surface area (Å²) in [6.45, 7) is 3.75. The van der Waals surface area contributed by atoms with Crippen molar-refractivity contribution in [2.24, 2.45) is 11.8 Å². The Balaban J connectivity index is 1.92. The van der Waals surface area contributed by atoms with Crippen LogP contribution in [0.25, 0.3) is 0 Å². The predicted molar refractivity (Wildman–Crippen MR) is 66.1 cm³/mol. The Kier molecular flexibility index (Phi) is 2.96. The molecule has 5 atom stereocenters. The molecule has 0 radical (unpaired) electrons. The number of esters is 1. The van der Waals surface area contributed by atoms with Crippen molar-refractivity contribution in [1.82, 2.24) is 0 Å². The maximum absolute atomic E-state index is 11.9. The second-order valence-electron chi connectivity index (χ2n) is 6.02. The lowest BCUT2D eigenvalue weighted by molar-refractivity contribution is -0.164. The smallest absolute Gasteiger partial charge is 0.333 e. The first-order valence-corrected chi connectivity index (χ1v) is 6.75. The van der Waals surface area contributed by atoms with E-state index in [9.17, 15) is 9.90 Å². The predicted octanol–water partition coefficient (Wildman–Crippen LogP) is 1.01. The van der Waals surface area contributed by atoms with E-state index in [0.717, 1.165) is 6.42 Å². The van der Waals surface area contributed by atoms with Crippen molar-refractivity contribution < 1.29 is 24.1 Å². The fourth-order valence-corrected chi connectivity index (χ4v) is 3.71. The quantitative estimate of drug-likeness (QED) is 0.719. The van der Waals surface area contributed by atoms with E-state index in [1.165, 1.54) is 7.11 Å². The summed E-state index contributed by atoms with van der Waals surface area (Å²) < 4.78 is 16.6. The molecule has 2 aliphatic carbocycles. The van der Waals surface area contributed by atoms with E-state index in [-0.39, 0.29) is 30.0 Å². The SMILES string of the molecule is COC(=O)C1=CC[C@@H](O)[C@@H]2C[C@H]3OC(C)(C)O[C@H]3[C@H]12. The number of carbonyl (C=O) groups excluding carboxylic acids is 1. The minimum absolute atomic E-state index is 0.0187. The second-order valence-corrected chi connectivity index (χ2v) is 6.02. The van der Waals surface area contributed by atoms with Crippen LogP contribution >= 0.6 is 0 Å². The van der Waals surface area contributed by atoms with Gasteiger partial charge in [-0.05, 0) is 32.6 Å². The van der Waals surface area contributed by atoms with Crippen molar-refractivity contribution in [3.05, 3.63) is 11.6 Å². The normalized spacial score (nSPS) is 43.4. The van der Waals surface area contributed by atoms with Gasteiger partial charge >= 0.3 is 5.97 Å². The highest BCUT2D eigenvalue weighted by Crippen LogP contribution is 2.50. The maximum Gasteiger partial charge on any atom is 0.333 e. The maximum atomic E-state index is 11.9. The van der Waals surface area contributed by atoms with E-state index in [1.54, 1.807) is 6.08 Å². The highest BCUT2D eigenvalue weighted by molar-refractivity contribution is 5.89. The fraction of sp³-hybridized carbons (Fsp3) is 0.786. The van der Waals surface area contributed by atoms with Gasteiger partial charge in [0.2, 0.25) is 0 Å². The molecule has 5 nitrogen and oxygen atoms in total. The van der Waals surface area contributed by atoms with E-state index < -0.39 is 11.9 Å². The largest absolute Gasteiger partial charge is 0.466 e. The summed E-state index contributed by atoms with van der Waals surface area (Å²) >= 11 is 0. The molecule has 0 aromatic heterocycles. The van der Waals surface area contributed by atoms with Crippen LogP contribution in [0.1, 0.15) is 26.7 Å². The Morgan fingerprint density at radius 1 is 1.47 bits per heavy atom. The molecule has 5 heteroatoms. The van der Waals surface area contributed by atoms with Gasteiger partial charge in [-0.15, -0.1) is 0 Å². The number of ether oxygens (including phenoxy) is 3. The molecule has 106 valence electrons. The third-order valence-corrected chi connectivity index (χ3v) is 4.39. The molecule has 0 aromatic carbocycles. The molecule has 0 unspecified atom stereocenters. The number of hydrogen-bond acceptors (Lipinski definition) is 5. The molecule has 2 fully saturated rings.